The van der Waals surface area contributed by atoms with E-state index >= 15 is 0 Å². The van der Waals surface area contributed by atoms with Gasteiger partial charge in [-0.05, 0) is 94.9 Å². The number of halogens is 18. The number of esters is 8. The fourth-order valence-corrected chi connectivity index (χ4v) is 5.00. The van der Waals surface area contributed by atoms with Gasteiger partial charge in [0.2, 0.25) is 6.43 Å². The van der Waals surface area contributed by atoms with Crippen LogP contribution < -0.4 is 0 Å². The van der Waals surface area contributed by atoms with Gasteiger partial charge in [0.25, 0.3) is 23.7 Å². The predicted octanol–water partition coefficient (Wildman–Crippen LogP) is 13.8. The minimum absolute atomic E-state index is 0.281. The summed E-state index contributed by atoms with van der Waals surface area (Å²) in [6.07, 6.45) is -12.6. The van der Waals surface area contributed by atoms with Gasteiger partial charge in [0.15, 0.2) is 0 Å². The van der Waals surface area contributed by atoms with Crippen molar-refractivity contribution in [2.24, 2.45) is 21.7 Å². The Morgan fingerprint density at radius 1 is 0.273 bits per heavy atom. The molecule has 0 saturated heterocycles. The Morgan fingerprint density at radius 3 is 0.602 bits per heavy atom. The molecule has 0 radical (unpaired) electrons. The van der Waals surface area contributed by atoms with E-state index < -0.39 is 215 Å². The highest BCUT2D eigenvalue weighted by molar-refractivity contribution is 5.80. The van der Waals surface area contributed by atoms with Crippen LogP contribution in [0.25, 0.3) is 0 Å². The van der Waals surface area contributed by atoms with Crippen molar-refractivity contribution in [3.63, 3.8) is 0 Å². The molecular formula is C54H82F18O16. The van der Waals surface area contributed by atoms with Crippen molar-refractivity contribution in [1.82, 2.24) is 0 Å². The lowest BCUT2D eigenvalue weighted by atomic mass is 9.91. The average Bonchev–Trinajstić information content (AvgIpc) is 3.40. The number of hydrogen-bond donors (Lipinski definition) is 0. The van der Waals surface area contributed by atoms with Gasteiger partial charge in [-0.25, -0.2) is 63.1 Å². The Kier molecular flexibility index (Phi) is 37.4. The fourth-order valence-electron chi connectivity index (χ4n) is 5.00. The molecule has 520 valence electrons. The summed E-state index contributed by atoms with van der Waals surface area (Å²) in [5, 5.41) is 0. The first-order valence-electron chi connectivity index (χ1n) is 26.9. The molecule has 0 amide bonds. The van der Waals surface area contributed by atoms with Crippen LogP contribution in [0.4, 0.5) is 79.0 Å². The van der Waals surface area contributed by atoms with E-state index in [1.54, 1.807) is 83.1 Å². The van der Waals surface area contributed by atoms with Crippen molar-refractivity contribution in [1.29, 1.82) is 0 Å². The summed E-state index contributed by atoms with van der Waals surface area (Å²) in [4.78, 5) is 90.3. The molecule has 0 aromatic carbocycles. The molecule has 0 atom stereocenters. The average molecular weight is 1330 g/mol. The van der Waals surface area contributed by atoms with Crippen LogP contribution in [0.3, 0.4) is 0 Å². The highest BCUT2D eigenvalue weighted by Gasteiger charge is 2.53. The number of alkyl halides is 18. The second kappa shape index (κ2) is 37.0. The van der Waals surface area contributed by atoms with E-state index in [4.69, 9.17) is 18.9 Å². The first-order chi connectivity index (χ1) is 39.2. The highest BCUT2D eigenvalue weighted by atomic mass is 19.3. The van der Waals surface area contributed by atoms with Crippen LogP contribution in [-0.4, -0.2) is 154 Å². The normalized spacial score (nSPS) is 13.0. The molecule has 0 aliphatic heterocycles. The standard InChI is InChI=1S/C14H20F6O4.C14H22F4O4.2C13H20F4O4/c1-4-12(2,3)10(21)23-5-6-24-11(22)14(19,20)8-13(17,18)7-9(15)16;1-5-12(3,4)10(19)21-7-8-22-11(20)14(17,18)9-13(15,16)6-2;2*1-5-11(2,3)9(18)20-6-7-21-10(19)13(16,17)8-12(4,14)15/h9H,4-8H2,1-3H3;5-9H2,1-4H3;2*5-8H2,1-4H3. The fraction of sp³-hybridized carbons (Fsp3) is 0.852. The summed E-state index contributed by atoms with van der Waals surface area (Å²) < 4.78 is 266. The van der Waals surface area contributed by atoms with Gasteiger partial charge in [-0.15, -0.1) is 0 Å². The van der Waals surface area contributed by atoms with Crippen molar-refractivity contribution in [3.8, 4) is 0 Å². The minimum Gasteiger partial charge on any atom is -0.462 e. The lowest BCUT2D eigenvalue weighted by molar-refractivity contribution is -0.189. The molecule has 88 heavy (non-hydrogen) atoms. The second-order valence-corrected chi connectivity index (χ2v) is 22.4. The van der Waals surface area contributed by atoms with Crippen LogP contribution in [0.2, 0.25) is 0 Å². The Hall–Kier alpha value is -5.50. The first kappa shape index (κ1) is 88.9. The maximum atomic E-state index is 13.3. The molecule has 0 aliphatic rings. The molecule has 34 heteroatoms. The van der Waals surface area contributed by atoms with Gasteiger partial charge in [0.1, 0.15) is 52.9 Å². The van der Waals surface area contributed by atoms with Crippen LogP contribution in [0.5, 0.6) is 0 Å². The van der Waals surface area contributed by atoms with E-state index in [1.165, 1.54) is 0 Å². The van der Waals surface area contributed by atoms with Crippen molar-refractivity contribution in [2.75, 3.05) is 52.9 Å². The van der Waals surface area contributed by atoms with E-state index in [-0.39, 0.29) is 13.8 Å². The Balaban J connectivity index is -0.000000535. The third-order valence-corrected chi connectivity index (χ3v) is 12.1. The molecule has 0 spiro atoms. The number of rotatable bonds is 35. The van der Waals surface area contributed by atoms with E-state index in [9.17, 15) is 117 Å². The summed E-state index contributed by atoms with van der Waals surface area (Å²) in [6.45, 7) is 17.3. The van der Waals surface area contributed by atoms with E-state index in [0.717, 1.165) is 6.92 Å². The quantitative estimate of drug-likeness (QED) is 0.0250. The van der Waals surface area contributed by atoms with E-state index in [2.05, 4.69) is 18.9 Å². The second-order valence-electron chi connectivity index (χ2n) is 22.4. The summed E-state index contributed by atoms with van der Waals surface area (Å²) >= 11 is 0. The molecule has 0 bridgehead atoms. The summed E-state index contributed by atoms with van der Waals surface area (Å²) in [5.41, 5.74) is -3.03. The van der Waals surface area contributed by atoms with Crippen molar-refractivity contribution >= 4 is 47.8 Å². The molecule has 0 aromatic rings. The van der Waals surface area contributed by atoms with E-state index in [0.29, 0.717) is 25.7 Å². The van der Waals surface area contributed by atoms with Gasteiger partial charge < -0.3 is 37.9 Å². The van der Waals surface area contributed by atoms with Gasteiger partial charge in [0, 0.05) is 6.42 Å². The number of carbonyl (C=O) groups is 8. The maximum absolute atomic E-state index is 13.3. The van der Waals surface area contributed by atoms with Crippen molar-refractivity contribution in [3.05, 3.63) is 0 Å². The molecule has 0 heterocycles. The number of hydrogen-bond acceptors (Lipinski definition) is 16. The smallest absolute Gasteiger partial charge is 0.377 e. The zero-order valence-electron chi connectivity index (χ0n) is 51.6. The lowest BCUT2D eigenvalue weighted by Crippen LogP contribution is -2.39. The van der Waals surface area contributed by atoms with Crippen LogP contribution in [0.1, 0.15) is 168 Å². The van der Waals surface area contributed by atoms with E-state index in [1.807, 2.05) is 0 Å². The number of carbonyl (C=O) groups excluding carboxylic acids is 8. The Bertz CT molecular complexity index is 2100. The van der Waals surface area contributed by atoms with Crippen LogP contribution in [0.15, 0.2) is 0 Å². The summed E-state index contributed by atoms with van der Waals surface area (Å²) in [6, 6.07) is 0. The molecule has 0 aromatic heterocycles. The topological polar surface area (TPSA) is 210 Å². The molecule has 0 saturated carbocycles. The molecule has 0 N–H and O–H groups in total. The summed E-state index contributed by atoms with van der Waals surface area (Å²) in [7, 11) is 0. The lowest BCUT2D eigenvalue weighted by Gasteiger charge is -2.22. The minimum atomic E-state index is -4.63. The molecular weight excluding hydrogens is 1250 g/mol. The van der Waals surface area contributed by atoms with Crippen LogP contribution in [-0.2, 0) is 76.3 Å². The van der Waals surface area contributed by atoms with Crippen LogP contribution >= 0.6 is 0 Å². The van der Waals surface area contributed by atoms with Crippen LogP contribution in [0, 0.1) is 21.7 Å². The van der Waals surface area contributed by atoms with Gasteiger partial charge in [-0.2, -0.15) is 35.1 Å². The zero-order chi connectivity index (χ0) is 70.6. The Morgan fingerprint density at radius 2 is 0.443 bits per heavy atom. The van der Waals surface area contributed by atoms with Gasteiger partial charge >= 0.3 is 71.4 Å². The van der Waals surface area contributed by atoms with Gasteiger partial charge in [-0.3, -0.25) is 19.2 Å². The monoisotopic (exact) mass is 1330 g/mol. The SMILES string of the molecule is CCC(C)(C)C(=O)OCCOC(=O)C(F)(F)CC(C)(F)F.CCC(C)(C)C(=O)OCCOC(=O)C(F)(F)CC(C)(F)F.CCC(C)(C)C(=O)OCCOC(=O)C(F)(F)CC(F)(F)CC(F)F.CCC(F)(F)CC(F)(F)C(=O)OCCOC(=O)C(C)(C)CC. The molecule has 0 unspecified atom stereocenters. The van der Waals surface area contributed by atoms with Crippen molar-refractivity contribution in [2.45, 2.75) is 222 Å². The largest absolute Gasteiger partial charge is 0.462 e. The highest BCUT2D eigenvalue weighted by Crippen LogP contribution is 2.37. The third-order valence-electron chi connectivity index (χ3n) is 12.1. The third kappa shape index (κ3) is 38.8. The molecule has 0 fully saturated rings. The molecule has 0 rings (SSSR count). The maximum Gasteiger partial charge on any atom is 0.377 e. The van der Waals surface area contributed by atoms with Crippen molar-refractivity contribution < 1.29 is 155 Å². The number of ether oxygens (including phenoxy) is 8. The summed E-state index contributed by atoms with van der Waals surface area (Å²) in [5.74, 6) is -43.7. The zero-order valence-corrected chi connectivity index (χ0v) is 51.6. The van der Waals surface area contributed by atoms with Gasteiger partial charge in [-0.1, -0.05) is 34.6 Å². The first-order valence-corrected chi connectivity index (χ1v) is 26.9. The Labute approximate surface area is 498 Å². The molecule has 16 nitrogen and oxygen atoms in total. The molecule has 0 aliphatic carbocycles. The predicted molar refractivity (Wildman–Crippen MR) is 274 cm³/mol. The van der Waals surface area contributed by atoms with Gasteiger partial charge in [0.05, 0.1) is 53.8 Å².